The number of fused-ring (bicyclic) bond motifs is 1. The van der Waals surface area contributed by atoms with Gasteiger partial charge in [0.2, 0.25) is 0 Å². The van der Waals surface area contributed by atoms with Gasteiger partial charge in [0.15, 0.2) is 0 Å². The van der Waals surface area contributed by atoms with Gasteiger partial charge in [0.05, 0.1) is 11.0 Å². The fraction of sp³-hybridized carbons (Fsp3) is 0.650. The number of aromatic nitrogens is 2. The molecule has 0 bridgehead atoms. The zero-order chi connectivity index (χ0) is 15.6. The number of benzene rings is 1. The van der Waals surface area contributed by atoms with Crippen LogP contribution in [0.25, 0.3) is 11.0 Å². The molecule has 0 aliphatic heterocycles. The van der Waals surface area contributed by atoms with Crippen LogP contribution in [-0.2, 0) is 6.42 Å². The van der Waals surface area contributed by atoms with Crippen molar-refractivity contribution in [2.75, 3.05) is 0 Å². The predicted octanol–water partition coefficient (Wildman–Crippen LogP) is 6.33. The summed E-state index contributed by atoms with van der Waals surface area (Å²) in [6, 6.07) is 6.50. The van der Waals surface area contributed by atoms with Crippen molar-refractivity contribution in [2.45, 2.75) is 84.5 Å². The summed E-state index contributed by atoms with van der Waals surface area (Å²) in [6.45, 7) is 4.31. The maximum atomic E-state index is 4.62. The Balaban J connectivity index is 1.58. The highest BCUT2D eigenvalue weighted by atomic mass is 14.9. The summed E-state index contributed by atoms with van der Waals surface area (Å²) >= 11 is 0. The minimum atomic E-state index is 1.02. The highest BCUT2D eigenvalue weighted by molar-refractivity contribution is 5.78. The summed E-state index contributed by atoms with van der Waals surface area (Å²) in [7, 11) is 0. The molecule has 1 aromatic heterocycles. The normalized spacial score (nSPS) is 11.4. The summed E-state index contributed by atoms with van der Waals surface area (Å²) in [5, 5.41) is 0. The minimum absolute atomic E-state index is 1.02. The summed E-state index contributed by atoms with van der Waals surface area (Å²) in [5.41, 5.74) is 3.76. The third-order valence-corrected chi connectivity index (χ3v) is 4.51. The van der Waals surface area contributed by atoms with Crippen molar-refractivity contribution in [3.05, 3.63) is 29.6 Å². The molecule has 0 aliphatic carbocycles. The van der Waals surface area contributed by atoms with Crippen molar-refractivity contribution in [2.24, 2.45) is 0 Å². The Bertz CT molecular complexity index is 542. The molecule has 0 saturated heterocycles. The highest BCUT2D eigenvalue weighted by Gasteiger charge is 2.04. The lowest BCUT2D eigenvalue weighted by Gasteiger charge is -2.04. The van der Waals surface area contributed by atoms with Gasteiger partial charge in [-0.05, 0) is 31.4 Å². The molecule has 1 aromatic carbocycles. The molecular weight excluding hydrogens is 268 g/mol. The summed E-state index contributed by atoms with van der Waals surface area (Å²) in [5.74, 6) is 1.02. The van der Waals surface area contributed by atoms with Crippen LogP contribution in [0.1, 0.15) is 82.5 Å². The van der Waals surface area contributed by atoms with E-state index in [9.17, 15) is 0 Å². The van der Waals surface area contributed by atoms with Gasteiger partial charge in [-0.15, -0.1) is 0 Å². The monoisotopic (exact) mass is 300 g/mol. The average Bonchev–Trinajstić information content (AvgIpc) is 2.90. The van der Waals surface area contributed by atoms with E-state index in [1.165, 1.54) is 80.8 Å². The van der Waals surface area contributed by atoms with E-state index in [2.05, 4.69) is 35.1 Å². The molecule has 2 aromatic rings. The second-order valence-corrected chi connectivity index (χ2v) is 6.57. The Kier molecular flexibility index (Phi) is 7.48. The number of imidazole rings is 1. The molecule has 1 heterocycles. The third-order valence-electron chi connectivity index (χ3n) is 4.51. The van der Waals surface area contributed by atoms with Crippen LogP contribution in [0.2, 0.25) is 0 Å². The first-order valence-electron chi connectivity index (χ1n) is 9.25. The summed E-state index contributed by atoms with van der Waals surface area (Å²) < 4.78 is 0. The van der Waals surface area contributed by atoms with E-state index in [0.717, 1.165) is 12.2 Å². The van der Waals surface area contributed by atoms with Gasteiger partial charge in [0, 0.05) is 0 Å². The van der Waals surface area contributed by atoms with E-state index in [4.69, 9.17) is 0 Å². The average molecular weight is 300 g/mol. The van der Waals surface area contributed by atoms with Crippen LogP contribution in [0.5, 0.6) is 0 Å². The van der Waals surface area contributed by atoms with Crippen molar-refractivity contribution in [1.29, 1.82) is 0 Å². The number of para-hydroxylation sites is 1. The van der Waals surface area contributed by atoms with E-state index in [1.54, 1.807) is 0 Å². The Hall–Kier alpha value is -1.31. The fourth-order valence-electron chi connectivity index (χ4n) is 3.22. The highest BCUT2D eigenvalue weighted by Crippen LogP contribution is 2.19. The number of H-pyrrole nitrogens is 1. The van der Waals surface area contributed by atoms with Gasteiger partial charge in [-0.3, -0.25) is 0 Å². The lowest BCUT2D eigenvalue weighted by molar-refractivity contribution is 0.556. The van der Waals surface area contributed by atoms with Crippen molar-refractivity contribution in [3.63, 3.8) is 0 Å². The molecule has 2 heteroatoms. The third kappa shape index (κ3) is 5.47. The molecule has 0 amide bonds. The lowest BCUT2D eigenvalue weighted by Crippen LogP contribution is -1.88. The van der Waals surface area contributed by atoms with Crippen molar-refractivity contribution in [1.82, 2.24) is 9.97 Å². The molecule has 0 unspecified atom stereocenters. The molecule has 0 spiro atoms. The SMILES string of the molecule is CCCCCCCCCCCCc1cccc2[nH]c(C)nc12. The van der Waals surface area contributed by atoms with Crippen molar-refractivity contribution in [3.8, 4) is 0 Å². The van der Waals surface area contributed by atoms with Crippen LogP contribution < -0.4 is 0 Å². The number of hydrogen-bond acceptors (Lipinski definition) is 1. The largest absolute Gasteiger partial charge is 0.342 e. The minimum Gasteiger partial charge on any atom is -0.342 e. The van der Waals surface area contributed by atoms with Crippen LogP contribution in [0.15, 0.2) is 18.2 Å². The molecule has 2 nitrogen and oxygen atoms in total. The number of nitrogens with one attached hydrogen (secondary N) is 1. The molecule has 0 atom stereocenters. The van der Waals surface area contributed by atoms with Gasteiger partial charge < -0.3 is 4.98 Å². The molecule has 122 valence electrons. The van der Waals surface area contributed by atoms with Crippen molar-refractivity contribution < 1.29 is 0 Å². The molecule has 0 aliphatic rings. The Morgan fingerprint density at radius 1 is 0.864 bits per heavy atom. The number of nitrogens with zero attached hydrogens (tertiary/aromatic N) is 1. The molecular formula is C20H32N2. The number of aromatic amines is 1. The van der Waals surface area contributed by atoms with Gasteiger partial charge in [-0.2, -0.15) is 0 Å². The Morgan fingerprint density at radius 2 is 1.50 bits per heavy atom. The number of aryl methyl sites for hydroxylation is 2. The first-order valence-corrected chi connectivity index (χ1v) is 9.25. The van der Waals surface area contributed by atoms with Crippen LogP contribution in [-0.4, -0.2) is 9.97 Å². The van der Waals surface area contributed by atoms with Gasteiger partial charge >= 0.3 is 0 Å². The van der Waals surface area contributed by atoms with Gasteiger partial charge in [0.25, 0.3) is 0 Å². The van der Waals surface area contributed by atoms with Crippen LogP contribution in [0.3, 0.4) is 0 Å². The van der Waals surface area contributed by atoms with Crippen LogP contribution in [0, 0.1) is 6.92 Å². The van der Waals surface area contributed by atoms with E-state index >= 15 is 0 Å². The Morgan fingerprint density at radius 3 is 2.18 bits per heavy atom. The fourth-order valence-corrected chi connectivity index (χ4v) is 3.22. The Labute approximate surface area is 135 Å². The van der Waals surface area contributed by atoms with E-state index in [1.807, 2.05) is 6.92 Å². The van der Waals surface area contributed by atoms with Crippen molar-refractivity contribution >= 4 is 11.0 Å². The van der Waals surface area contributed by atoms with Crippen LogP contribution in [0.4, 0.5) is 0 Å². The first-order chi connectivity index (χ1) is 10.8. The zero-order valence-corrected chi connectivity index (χ0v) is 14.5. The molecule has 22 heavy (non-hydrogen) atoms. The van der Waals surface area contributed by atoms with Gasteiger partial charge in [-0.1, -0.05) is 76.8 Å². The second-order valence-electron chi connectivity index (χ2n) is 6.57. The zero-order valence-electron chi connectivity index (χ0n) is 14.5. The summed E-state index contributed by atoms with van der Waals surface area (Å²) in [6.07, 6.45) is 15.1. The number of hydrogen-bond donors (Lipinski definition) is 1. The maximum absolute atomic E-state index is 4.62. The molecule has 0 radical (unpaired) electrons. The number of unbranched alkanes of at least 4 members (excludes halogenated alkanes) is 9. The molecule has 2 rings (SSSR count). The van der Waals surface area contributed by atoms with Crippen LogP contribution >= 0.6 is 0 Å². The van der Waals surface area contributed by atoms with E-state index < -0.39 is 0 Å². The predicted molar refractivity (Wildman–Crippen MR) is 96.4 cm³/mol. The number of rotatable bonds is 11. The molecule has 1 N–H and O–H groups in total. The quantitative estimate of drug-likeness (QED) is 0.482. The summed E-state index contributed by atoms with van der Waals surface area (Å²) in [4.78, 5) is 7.95. The topological polar surface area (TPSA) is 28.7 Å². The standard InChI is InChI=1S/C20H32N2/c1-3-4-5-6-7-8-9-10-11-12-14-18-15-13-16-19-20(18)22-17(2)21-19/h13,15-16H,3-12,14H2,1-2H3,(H,21,22). The lowest BCUT2D eigenvalue weighted by atomic mass is 10.0. The smallest absolute Gasteiger partial charge is 0.104 e. The second kappa shape index (κ2) is 9.66. The first kappa shape index (κ1) is 17.1. The van der Waals surface area contributed by atoms with Gasteiger partial charge in [0.1, 0.15) is 5.82 Å². The van der Waals surface area contributed by atoms with E-state index in [-0.39, 0.29) is 0 Å². The van der Waals surface area contributed by atoms with E-state index in [0.29, 0.717) is 0 Å². The molecule has 0 saturated carbocycles. The molecule has 0 fully saturated rings. The van der Waals surface area contributed by atoms with Gasteiger partial charge in [-0.25, -0.2) is 4.98 Å². The maximum Gasteiger partial charge on any atom is 0.104 e.